The van der Waals surface area contributed by atoms with E-state index in [1.807, 2.05) is 0 Å². The third-order valence-corrected chi connectivity index (χ3v) is 1.64. The van der Waals surface area contributed by atoms with E-state index in [0.717, 1.165) is 26.2 Å². The second-order valence-corrected chi connectivity index (χ2v) is 2.62. The standard InChI is InChI=1S/C8H13NO/c1-3-4-9-5-6-10-8(2)7-9/h1,8H,4-7H2,2H3/t8-/m1/s1. The lowest BCUT2D eigenvalue weighted by Crippen LogP contribution is -2.41. The molecule has 0 radical (unpaired) electrons. The molecule has 0 unspecified atom stereocenters. The number of hydrogen-bond acceptors (Lipinski definition) is 2. The SMILES string of the molecule is C#CCN1CCO[C@H](C)C1. The van der Waals surface area contributed by atoms with Crippen LogP contribution in [0, 0.1) is 12.3 Å². The van der Waals surface area contributed by atoms with Crippen LogP contribution in [-0.4, -0.2) is 37.2 Å². The summed E-state index contributed by atoms with van der Waals surface area (Å²) in [5.74, 6) is 2.63. The van der Waals surface area contributed by atoms with E-state index in [0.29, 0.717) is 6.10 Å². The average molecular weight is 139 g/mol. The first-order valence-corrected chi connectivity index (χ1v) is 3.60. The zero-order valence-electron chi connectivity index (χ0n) is 6.34. The van der Waals surface area contributed by atoms with Crippen molar-refractivity contribution in [3.63, 3.8) is 0 Å². The van der Waals surface area contributed by atoms with E-state index in [1.165, 1.54) is 0 Å². The maximum atomic E-state index is 5.34. The van der Waals surface area contributed by atoms with Gasteiger partial charge >= 0.3 is 0 Å². The lowest BCUT2D eigenvalue weighted by molar-refractivity contribution is -0.0133. The minimum Gasteiger partial charge on any atom is -0.376 e. The molecule has 0 aromatic rings. The molecule has 0 bridgehead atoms. The van der Waals surface area contributed by atoms with Crippen LogP contribution in [0.2, 0.25) is 0 Å². The summed E-state index contributed by atoms with van der Waals surface area (Å²) in [7, 11) is 0. The van der Waals surface area contributed by atoms with Gasteiger partial charge < -0.3 is 4.74 Å². The molecule has 1 rings (SSSR count). The van der Waals surface area contributed by atoms with Gasteiger partial charge in [-0.1, -0.05) is 5.92 Å². The van der Waals surface area contributed by atoms with Crippen molar-refractivity contribution in [1.82, 2.24) is 4.90 Å². The summed E-state index contributed by atoms with van der Waals surface area (Å²) in [6.45, 7) is 5.61. The zero-order valence-corrected chi connectivity index (χ0v) is 6.34. The fourth-order valence-electron chi connectivity index (χ4n) is 1.16. The van der Waals surface area contributed by atoms with Crippen LogP contribution < -0.4 is 0 Å². The Morgan fingerprint density at radius 2 is 2.60 bits per heavy atom. The summed E-state index contributed by atoms with van der Waals surface area (Å²) >= 11 is 0. The second-order valence-electron chi connectivity index (χ2n) is 2.62. The summed E-state index contributed by atoms with van der Waals surface area (Å²) in [5, 5.41) is 0. The number of rotatable bonds is 1. The molecular formula is C8H13NO. The molecule has 56 valence electrons. The van der Waals surface area contributed by atoms with Crippen molar-refractivity contribution in [2.75, 3.05) is 26.2 Å². The second kappa shape index (κ2) is 3.60. The number of nitrogens with zero attached hydrogens (tertiary/aromatic N) is 1. The molecule has 10 heavy (non-hydrogen) atoms. The lowest BCUT2D eigenvalue weighted by atomic mass is 10.3. The van der Waals surface area contributed by atoms with Gasteiger partial charge in [0.2, 0.25) is 0 Å². The third kappa shape index (κ3) is 2.02. The van der Waals surface area contributed by atoms with E-state index in [9.17, 15) is 0 Å². The highest BCUT2D eigenvalue weighted by Gasteiger charge is 2.14. The predicted molar refractivity (Wildman–Crippen MR) is 40.7 cm³/mol. The van der Waals surface area contributed by atoms with Gasteiger partial charge in [-0.15, -0.1) is 6.42 Å². The first-order chi connectivity index (χ1) is 4.83. The molecule has 0 aromatic heterocycles. The molecule has 1 saturated heterocycles. The van der Waals surface area contributed by atoms with Crippen LogP contribution >= 0.6 is 0 Å². The number of hydrogen-bond donors (Lipinski definition) is 0. The van der Waals surface area contributed by atoms with E-state index in [1.54, 1.807) is 0 Å². The van der Waals surface area contributed by atoms with Gasteiger partial charge in [0.15, 0.2) is 0 Å². The summed E-state index contributed by atoms with van der Waals surface area (Å²) in [5.41, 5.74) is 0. The predicted octanol–water partition coefficient (Wildman–Crippen LogP) is 0.340. The molecule has 0 N–H and O–H groups in total. The van der Waals surface area contributed by atoms with Crippen molar-refractivity contribution in [2.45, 2.75) is 13.0 Å². The van der Waals surface area contributed by atoms with Crippen molar-refractivity contribution in [1.29, 1.82) is 0 Å². The van der Waals surface area contributed by atoms with Crippen LogP contribution in [0.5, 0.6) is 0 Å². The normalized spacial score (nSPS) is 27.8. The molecule has 0 saturated carbocycles. The van der Waals surface area contributed by atoms with Crippen LogP contribution in [0.1, 0.15) is 6.92 Å². The molecular weight excluding hydrogens is 126 g/mol. The molecule has 1 heterocycles. The number of terminal acetylenes is 1. The third-order valence-electron chi connectivity index (χ3n) is 1.64. The fraction of sp³-hybridized carbons (Fsp3) is 0.750. The van der Waals surface area contributed by atoms with Gasteiger partial charge in [0.1, 0.15) is 0 Å². The molecule has 0 amide bonds. The highest BCUT2D eigenvalue weighted by Crippen LogP contribution is 2.02. The van der Waals surface area contributed by atoms with Crippen LogP contribution in [0.3, 0.4) is 0 Å². The first kappa shape index (κ1) is 7.59. The monoisotopic (exact) mass is 139 g/mol. The zero-order chi connectivity index (χ0) is 7.40. The van der Waals surface area contributed by atoms with Gasteiger partial charge in [-0.05, 0) is 6.92 Å². The van der Waals surface area contributed by atoms with Crippen LogP contribution in [0.15, 0.2) is 0 Å². The van der Waals surface area contributed by atoms with Crippen LogP contribution in [0.4, 0.5) is 0 Å². The molecule has 0 aromatic carbocycles. The van der Waals surface area contributed by atoms with Crippen molar-refractivity contribution in [3.05, 3.63) is 0 Å². The van der Waals surface area contributed by atoms with Crippen molar-refractivity contribution in [2.24, 2.45) is 0 Å². The quantitative estimate of drug-likeness (QED) is 0.486. The maximum Gasteiger partial charge on any atom is 0.0674 e. The summed E-state index contributed by atoms with van der Waals surface area (Å²) in [4.78, 5) is 2.23. The van der Waals surface area contributed by atoms with Gasteiger partial charge in [0, 0.05) is 13.1 Å². The summed E-state index contributed by atoms with van der Waals surface area (Å²) < 4.78 is 5.34. The van der Waals surface area contributed by atoms with E-state index >= 15 is 0 Å². The Labute approximate surface area is 62.2 Å². The van der Waals surface area contributed by atoms with E-state index in [4.69, 9.17) is 11.2 Å². The molecule has 1 atom stereocenters. The van der Waals surface area contributed by atoms with Crippen molar-refractivity contribution < 1.29 is 4.74 Å². The maximum absolute atomic E-state index is 5.34. The molecule has 1 fully saturated rings. The van der Waals surface area contributed by atoms with E-state index < -0.39 is 0 Å². The minimum absolute atomic E-state index is 0.349. The highest BCUT2D eigenvalue weighted by atomic mass is 16.5. The van der Waals surface area contributed by atoms with Gasteiger partial charge in [0.05, 0.1) is 19.3 Å². The first-order valence-electron chi connectivity index (χ1n) is 3.60. The Balaban J connectivity index is 2.27. The Morgan fingerprint density at radius 3 is 3.20 bits per heavy atom. The smallest absolute Gasteiger partial charge is 0.0674 e. The van der Waals surface area contributed by atoms with Crippen molar-refractivity contribution in [3.8, 4) is 12.3 Å². The van der Waals surface area contributed by atoms with Crippen molar-refractivity contribution >= 4 is 0 Å². The molecule has 2 nitrogen and oxygen atoms in total. The fourth-order valence-corrected chi connectivity index (χ4v) is 1.16. The summed E-state index contributed by atoms with van der Waals surface area (Å²) in [6.07, 6.45) is 5.52. The Morgan fingerprint density at radius 1 is 1.80 bits per heavy atom. The van der Waals surface area contributed by atoms with E-state index in [-0.39, 0.29) is 0 Å². The van der Waals surface area contributed by atoms with Gasteiger partial charge in [0.25, 0.3) is 0 Å². The molecule has 1 aliphatic heterocycles. The topological polar surface area (TPSA) is 12.5 Å². The van der Waals surface area contributed by atoms with E-state index in [2.05, 4.69) is 17.7 Å². The summed E-state index contributed by atoms with van der Waals surface area (Å²) in [6, 6.07) is 0. The van der Waals surface area contributed by atoms with Gasteiger partial charge in [-0.3, -0.25) is 4.90 Å². The number of ether oxygens (including phenoxy) is 1. The Hall–Kier alpha value is -0.520. The Bertz CT molecular complexity index is 139. The average Bonchev–Trinajstić information content (AvgIpc) is 1.88. The molecule has 0 aliphatic carbocycles. The minimum atomic E-state index is 0.349. The van der Waals surface area contributed by atoms with Gasteiger partial charge in [-0.25, -0.2) is 0 Å². The highest BCUT2D eigenvalue weighted by molar-refractivity contribution is 4.89. The number of morpholine rings is 1. The van der Waals surface area contributed by atoms with Gasteiger partial charge in [-0.2, -0.15) is 0 Å². The Kier molecular flexibility index (Phi) is 2.73. The van der Waals surface area contributed by atoms with Crippen LogP contribution in [0.25, 0.3) is 0 Å². The lowest BCUT2D eigenvalue weighted by Gasteiger charge is -2.29. The molecule has 0 spiro atoms. The van der Waals surface area contributed by atoms with Crippen LogP contribution in [-0.2, 0) is 4.74 Å². The largest absolute Gasteiger partial charge is 0.376 e. The molecule has 1 aliphatic rings. The molecule has 2 heteroatoms.